The number of nitro groups is 1. The number of rotatable bonds is 6. The summed E-state index contributed by atoms with van der Waals surface area (Å²) in [6.45, 7) is 2.32. The van der Waals surface area contributed by atoms with E-state index in [-0.39, 0.29) is 18.1 Å². The fourth-order valence-corrected chi connectivity index (χ4v) is 2.44. The third kappa shape index (κ3) is 4.25. The molecule has 2 rings (SSSR count). The third-order valence-corrected chi connectivity index (χ3v) is 3.46. The van der Waals surface area contributed by atoms with Gasteiger partial charge >= 0.3 is 5.69 Å². The highest BCUT2D eigenvalue weighted by molar-refractivity contribution is 9.10. The van der Waals surface area contributed by atoms with E-state index in [0.717, 1.165) is 5.56 Å². The van der Waals surface area contributed by atoms with Gasteiger partial charge in [0.05, 0.1) is 11.0 Å². The van der Waals surface area contributed by atoms with Gasteiger partial charge in [-0.15, -0.1) is 0 Å². The standard InChI is InChI=1S/C15H16BrN3O3/c1-11(20)9-18(10-12-5-3-2-4-6-12)15-13(19(21)22)7-8-14(16)17-15/h2-8,11,20H,9-10H2,1H3/t11-/m1/s1. The molecule has 1 aromatic heterocycles. The Kier molecular flexibility index (Phi) is 5.46. The molecule has 1 aromatic carbocycles. The molecule has 0 radical (unpaired) electrons. The summed E-state index contributed by atoms with van der Waals surface area (Å²) in [4.78, 5) is 16.7. The highest BCUT2D eigenvalue weighted by atomic mass is 79.9. The predicted molar refractivity (Wildman–Crippen MR) is 87.8 cm³/mol. The van der Waals surface area contributed by atoms with Crippen molar-refractivity contribution < 1.29 is 10.0 Å². The molecule has 0 aliphatic rings. The molecule has 7 heteroatoms. The minimum atomic E-state index is -0.635. The Labute approximate surface area is 136 Å². The molecule has 0 spiro atoms. The number of hydrogen-bond donors (Lipinski definition) is 1. The van der Waals surface area contributed by atoms with E-state index in [0.29, 0.717) is 11.1 Å². The Hall–Kier alpha value is -1.99. The lowest BCUT2D eigenvalue weighted by atomic mass is 10.2. The summed E-state index contributed by atoms with van der Waals surface area (Å²) in [5.74, 6) is 0.240. The van der Waals surface area contributed by atoms with Crippen LogP contribution in [0, 0.1) is 10.1 Å². The zero-order valence-electron chi connectivity index (χ0n) is 12.0. The first-order chi connectivity index (χ1) is 10.5. The molecule has 1 heterocycles. The lowest BCUT2D eigenvalue weighted by molar-refractivity contribution is -0.384. The van der Waals surface area contributed by atoms with Crippen molar-refractivity contribution in [3.05, 3.63) is 62.7 Å². The van der Waals surface area contributed by atoms with Gasteiger partial charge < -0.3 is 10.0 Å². The largest absolute Gasteiger partial charge is 0.392 e. The second-order valence-corrected chi connectivity index (χ2v) is 5.76. The maximum absolute atomic E-state index is 11.2. The highest BCUT2D eigenvalue weighted by Gasteiger charge is 2.23. The maximum atomic E-state index is 11.2. The van der Waals surface area contributed by atoms with E-state index in [2.05, 4.69) is 20.9 Å². The van der Waals surface area contributed by atoms with E-state index in [1.54, 1.807) is 11.8 Å². The molecule has 2 aromatic rings. The summed E-state index contributed by atoms with van der Waals surface area (Å²) < 4.78 is 0.511. The summed E-state index contributed by atoms with van der Waals surface area (Å²) in [5.41, 5.74) is 0.902. The van der Waals surface area contributed by atoms with Crippen LogP contribution in [0.3, 0.4) is 0 Å². The van der Waals surface area contributed by atoms with Gasteiger partial charge in [0, 0.05) is 19.2 Å². The van der Waals surface area contributed by atoms with Crippen LogP contribution in [0.1, 0.15) is 12.5 Å². The molecular formula is C15H16BrN3O3. The number of anilines is 1. The highest BCUT2D eigenvalue weighted by Crippen LogP contribution is 2.29. The van der Waals surface area contributed by atoms with Crippen molar-refractivity contribution >= 4 is 27.4 Å². The summed E-state index contributed by atoms with van der Waals surface area (Å²) >= 11 is 3.24. The van der Waals surface area contributed by atoms with Gasteiger partial charge in [-0.2, -0.15) is 0 Å². The van der Waals surface area contributed by atoms with E-state index in [9.17, 15) is 15.2 Å². The van der Waals surface area contributed by atoms with Crippen LogP contribution in [0.2, 0.25) is 0 Å². The van der Waals surface area contributed by atoms with Gasteiger partial charge in [-0.3, -0.25) is 10.1 Å². The summed E-state index contributed by atoms with van der Waals surface area (Å²) in [7, 11) is 0. The zero-order valence-corrected chi connectivity index (χ0v) is 13.6. The van der Waals surface area contributed by atoms with Crippen molar-refractivity contribution in [2.75, 3.05) is 11.4 Å². The fraction of sp³-hybridized carbons (Fsp3) is 0.267. The number of aromatic nitrogens is 1. The Morgan fingerprint density at radius 1 is 1.32 bits per heavy atom. The number of pyridine rings is 1. The first-order valence-electron chi connectivity index (χ1n) is 6.75. The molecule has 0 fully saturated rings. The van der Waals surface area contributed by atoms with E-state index in [1.165, 1.54) is 12.1 Å². The number of hydrogen-bond acceptors (Lipinski definition) is 5. The van der Waals surface area contributed by atoms with E-state index in [4.69, 9.17) is 0 Å². The normalized spacial score (nSPS) is 12.0. The van der Waals surface area contributed by atoms with Gasteiger partial charge in [0.15, 0.2) is 0 Å². The van der Waals surface area contributed by atoms with E-state index in [1.807, 2.05) is 30.3 Å². The topological polar surface area (TPSA) is 79.5 Å². The molecule has 0 saturated heterocycles. The third-order valence-electron chi connectivity index (χ3n) is 3.02. The fourth-order valence-electron chi connectivity index (χ4n) is 2.14. The zero-order chi connectivity index (χ0) is 16.1. The van der Waals surface area contributed by atoms with Gasteiger partial charge in [0.1, 0.15) is 4.60 Å². The number of nitrogens with zero attached hydrogens (tertiary/aromatic N) is 3. The van der Waals surface area contributed by atoms with Crippen LogP contribution in [0.15, 0.2) is 47.1 Å². The molecular weight excluding hydrogens is 350 g/mol. The number of benzene rings is 1. The number of aliphatic hydroxyl groups is 1. The Balaban J connectivity index is 2.40. The van der Waals surface area contributed by atoms with Crippen LogP contribution in [-0.2, 0) is 6.54 Å². The van der Waals surface area contributed by atoms with Gasteiger partial charge in [0.2, 0.25) is 5.82 Å². The molecule has 116 valence electrons. The number of aliphatic hydroxyl groups excluding tert-OH is 1. The average molecular weight is 366 g/mol. The molecule has 22 heavy (non-hydrogen) atoms. The number of halogens is 1. The minimum absolute atomic E-state index is 0.0835. The first kappa shape index (κ1) is 16.4. The van der Waals surface area contributed by atoms with Crippen molar-refractivity contribution in [3.8, 4) is 0 Å². The molecule has 0 unspecified atom stereocenters. The van der Waals surface area contributed by atoms with Gasteiger partial charge in [0.25, 0.3) is 0 Å². The Morgan fingerprint density at radius 2 is 2.00 bits per heavy atom. The summed E-state index contributed by atoms with van der Waals surface area (Å²) in [6, 6.07) is 12.5. The van der Waals surface area contributed by atoms with Gasteiger partial charge in [-0.05, 0) is 34.5 Å². The summed E-state index contributed by atoms with van der Waals surface area (Å²) in [5, 5.41) is 20.9. The Morgan fingerprint density at radius 3 is 2.59 bits per heavy atom. The molecule has 1 atom stereocenters. The second kappa shape index (κ2) is 7.33. The minimum Gasteiger partial charge on any atom is -0.392 e. The molecule has 0 saturated carbocycles. The smallest absolute Gasteiger partial charge is 0.311 e. The van der Waals surface area contributed by atoms with Crippen LogP contribution in [0.5, 0.6) is 0 Å². The van der Waals surface area contributed by atoms with Crippen molar-refractivity contribution in [3.63, 3.8) is 0 Å². The molecule has 0 aliphatic carbocycles. The lowest BCUT2D eigenvalue weighted by Crippen LogP contribution is -2.31. The van der Waals surface area contributed by atoms with Gasteiger partial charge in [-0.25, -0.2) is 4.98 Å². The molecule has 0 amide bonds. The van der Waals surface area contributed by atoms with Crippen LogP contribution >= 0.6 is 15.9 Å². The van der Waals surface area contributed by atoms with Crippen molar-refractivity contribution in [1.29, 1.82) is 0 Å². The van der Waals surface area contributed by atoms with Crippen molar-refractivity contribution in [2.24, 2.45) is 0 Å². The van der Waals surface area contributed by atoms with E-state index < -0.39 is 11.0 Å². The first-order valence-corrected chi connectivity index (χ1v) is 7.54. The maximum Gasteiger partial charge on any atom is 0.311 e. The van der Waals surface area contributed by atoms with E-state index >= 15 is 0 Å². The van der Waals surface area contributed by atoms with Crippen molar-refractivity contribution in [1.82, 2.24) is 4.98 Å². The average Bonchev–Trinajstić information content (AvgIpc) is 2.46. The molecule has 0 aliphatic heterocycles. The predicted octanol–water partition coefficient (Wildman–Crippen LogP) is 3.14. The molecule has 6 nitrogen and oxygen atoms in total. The van der Waals surface area contributed by atoms with Crippen LogP contribution in [0.25, 0.3) is 0 Å². The Bertz CT molecular complexity index is 650. The quantitative estimate of drug-likeness (QED) is 0.483. The SMILES string of the molecule is C[C@@H](O)CN(Cc1ccccc1)c1nc(Br)ccc1[N+](=O)[O-]. The molecule has 1 N–H and O–H groups in total. The second-order valence-electron chi connectivity index (χ2n) is 4.95. The lowest BCUT2D eigenvalue weighted by Gasteiger charge is -2.25. The van der Waals surface area contributed by atoms with Crippen LogP contribution < -0.4 is 4.90 Å². The summed E-state index contributed by atoms with van der Waals surface area (Å²) in [6.07, 6.45) is -0.635. The van der Waals surface area contributed by atoms with Crippen LogP contribution in [0.4, 0.5) is 11.5 Å². The van der Waals surface area contributed by atoms with Gasteiger partial charge in [-0.1, -0.05) is 30.3 Å². The van der Waals surface area contributed by atoms with Crippen LogP contribution in [-0.4, -0.2) is 27.7 Å². The molecule has 0 bridgehead atoms. The van der Waals surface area contributed by atoms with Crippen molar-refractivity contribution in [2.45, 2.75) is 19.6 Å². The monoisotopic (exact) mass is 365 g/mol.